The van der Waals surface area contributed by atoms with E-state index in [0.717, 1.165) is 68.8 Å². The zero-order valence-corrected chi connectivity index (χ0v) is 22.7. The molecule has 2 aromatic heterocycles. The van der Waals surface area contributed by atoms with Crippen LogP contribution in [0.15, 0.2) is 48.7 Å². The van der Waals surface area contributed by atoms with Crippen LogP contribution < -0.4 is 25.8 Å². The van der Waals surface area contributed by atoms with E-state index in [-0.39, 0.29) is 5.95 Å². The Kier molecular flexibility index (Phi) is 8.75. The van der Waals surface area contributed by atoms with Gasteiger partial charge >= 0.3 is 0 Å². The zero-order valence-electron chi connectivity index (χ0n) is 22.7. The van der Waals surface area contributed by atoms with Gasteiger partial charge in [0.25, 0.3) is 0 Å². The topological polar surface area (TPSA) is 121 Å². The van der Waals surface area contributed by atoms with E-state index in [2.05, 4.69) is 44.8 Å². The number of nitrogen functional groups attached to an aromatic ring is 1. The molecule has 10 nitrogen and oxygen atoms in total. The van der Waals surface area contributed by atoms with Crippen LogP contribution in [0.4, 0.5) is 11.8 Å². The number of methoxy groups -OCH3 is 1. The molecule has 0 bridgehead atoms. The van der Waals surface area contributed by atoms with Crippen LogP contribution in [0.2, 0.25) is 0 Å². The Hall–Kier alpha value is -3.89. The number of ether oxygens (including phenoxy) is 3. The molecule has 1 saturated heterocycles. The Morgan fingerprint density at radius 1 is 1.08 bits per heavy atom. The second-order valence-electron chi connectivity index (χ2n) is 9.73. The normalized spacial score (nSPS) is 14.0. The van der Waals surface area contributed by atoms with E-state index in [1.54, 1.807) is 13.3 Å². The number of hydrogen-bond acceptors (Lipinski definition) is 9. The molecule has 10 heteroatoms. The van der Waals surface area contributed by atoms with Crippen LogP contribution in [0.25, 0.3) is 11.0 Å². The average Bonchev–Trinajstić information content (AvgIpc) is 3.36. The molecule has 5 rings (SSSR count). The highest BCUT2D eigenvalue weighted by atomic mass is 16.5. The second-order valence-corrected chi connectivity index (χ2v) is 9.73. The molecule has 0 spiro atoms. The number of aromatic nitrogens is 4. The van der Waals surface area contributed by atoms with Crippen LogP contribution in [0, 0.1) is 0 Å². The van der Waals surface area contributed by atoms with Gasteiger partial charge in [-0.15, -0.1) is 0 Å². The SMILES string of the molecule is CCCCNc1nc(N)nc2cnn(Cc3ccc(Oc4ccc(CNC5CCOCC5)cc4)cc3OC)c12. The fourth-order valence-corrected chi connectivity index (χ4v) is 4.70. The van der Waals surface area contributed by atoms with Crippen molar-refractivity contribution in [3.8, 4) is 17.2 Å². The largest absolute Gasteiger partial charge is 0.496 e. The van der Waals surface area contributed by atoms with E-state index in [0.29, 0.717) is 35.4 Å². The molecule has 4 N–H and O–H groups in total. The van der Waals surface area contributed by atoms with E-state index in [9.17, 15) is 0 Å². The van der Waals surface area contributed by atoms with E-state index in [4.69, 9.17) is 19.9 Å². The molecule has 1 aliphatic heterocycles. The predicted octanol–water partition coefficient (Wildman–Crippen LogP) is 4.74. The van der Waals surface area contributed by atoms with Gasteiger partial charge in [-0.2, -0.15) is 10.1 Å². The summed E-state index contributed by atoms with van der Waals surface area (Å²) in [5, 5.41) is 11.6. The lowest BCUT2D eigenvalue weighted by Crippen LogP contribution is -2.34. The molecule has 0 aliphatic carbocycles. The molecule has 0 unspecified atom stereocenters. The maximum Gasteiger partial charge on any atom is 0.222 e. The number of unbranched alkanes of at least 4 members (excludes halogenated alkanes) is 1. The standard InChI is InChI=1S/C29H37N7O3/c1-3-4-13-31-28-27-25(34-29(30)35-28)18-33-36(27)19-21-7-10-24(16-26(21)37-2)39-23-8-5-20(6-9-23)17-32-22-11-14-38-15-12-22/h5-10,16,18,22,32H,3-4,11-15,17,19H2,1-2H3,(H3,30,31,34,35). The average molecular weight is 532 g/mol. The van der Waals surface area contributed by atoms with E-state index < -0.39 is 0 Å². The molecule has 3 heterocycles. The summed E-state index contributed by atoms with van der Waals surface area (Å²) in [4.78, 5) is 8.78. The highest BCUT2D eigenvalue weighted by Crippen LogP contribution is 2.30. The van der Waals surface area contributed by atoms with Crippen LogP contribution in [-0.4, -0.2) is 52.7 Å². The molecule has 1 fully saturated rings. The third-order valence-corrected chi connectivity index (χ3v) is 6.88. The van der Waals surface area contributed by atoms with Crippen molar-refractivity contribution < 1.29 is 14.2 Å². The fourth-order valence-electron chi connectivity index (χ4n) is 4.70. The summed E-state index contributed by atoms with van der Waals surface area (Å²) < 4.78 is 19.2. The summed E-state index contributed by atoms with van der Waals surface area (Å²) in [5.74, 6) is 3.10. The van der Waals surface area contributed by atoms with Gasteiger partial charge in [0, 0.05) is 44.0 Å². The molecule has 0 saturated carbocycles. The maximum atomic E-state index is 6.13. The lowest BCUT2D eigenvalue weighted by molar-refractivity contribution is 0.0776. The van der Waals surface area contributed by atoms with Gasteiger partial charge in [0.2, 0.25) is 5.95 Å². The van der Waals surface area contributed by atoms with Gasteiger partial charge in [-0.05, 0) is 49.1 Å². The Bertz CT molecular complexity index is 1370. The monoisotopic (exact) mass is 531 g/mol. The third kappa shape index (κ3) is 6.76. The first kappa shape index (κ1) is 26.7. The Morgan fingerprint density at radius 3 is 2.64 bits per heavy atom. The molecule has 39 heavy (non-hydrogen) atoms. The molecule has 0 amide bonds. The zero-order chi connectivity index (χ0) is 27.0. The molecule has 0 atom stereocenters. The van der Waals surface area contributed by atoms with E-state index >= 15 is 0 Å². The number of nitrogens with one attached hydrogen (secondary N) is 2. The summed E-state index contributed by atoms with van der Waals surface area (Å²) in [7, 11) is 1.66. The minimum atomic E-state index is 0.226. The van der Waals surface area contributed by atoms with E-state index in [1.165, 1.54) is 5.56 Å². The predicted molar refractivity (Wildman–Crippen MR) is 152 cm³/mol. The van der Waals surface area contributed by atoms with E-state index in [1.807, 2.05) is 35.0 Å². The summed E-state index contributed by atoms with van der Waals surface area (Å²) >= 11 is 0. The van der Waals surface area contributed by atoms with Crippen molar-refractivity contribution in [2.45, 2.75) is 51.7 Å². The molecule has 4 aromatic rings. The van der Waals surface area contributed by atoms with Crippen molar-refractivity contribution >= 4 is 22.8 Å². The third-order valence-electron chi connectivity index (χ3n) is 6.88. The van der Waals surface area contributed by atoms with Crippen molar-refractivity contribution in [3.05, 3.63) is 59.8 Å². The number of nitrogens with two attached hydrogens (primary N) is 1. The van der Waals surface area contributed by atoms with Gasteiger partial charge in [0.05, 0.1) is 19.9 Å². The number of nitrogens with zero attached hydrogens (tertiary/aromatic N) is 4. The second kappa shape index (κ2) is 12.8. The first-order chi connectivity index (χ1) is 19.1. The van der Waals surface area contributed by atoms with Crippen molar-refractivity contribution in [1.82, 2.24) is 25.1 Å². The van der Waals surface area contributed by atoms with Crippen LogP contribution in [0.5, 0.6) is 17.2 Å². The Labute approximate surface area is 228 Å². The number of anilines is 2. The van der Waals surface area contributed by atoms with Gasteiger partial charge in [-0.1, -0.05) is 25.5 Å². The molecule has 2 aromatic carbocycles. The smallest absolute Gasteiger partial charge is 0.222 e. The lowest BCUT2D eigenvalue weighted by atomic mass is 10.1. The minimum absolute atomic E-state index is 0.226. The Morgan fingerprint density at radius 2 is 1.87 bits per heavy atom. The summed E-state index contributed by atoms with van der Waals surface area (Å²) in [6.45, 7) is 5.95. The fraction of sp³-hybridized carbons (Fsp3) is 0.414. The van der Waals surface area contributed by atoms with Gasteiger partial charge < -0.3 is 30.6 Å². The first-order valence-corrected chi connectivity index (χ1v) is 13.6. The van der Waals surface area contributed by atoms with Crippen molar-refractivity contribution in [2.75, 3.05) is 37.9 Å². The van der Waals surface area contributed by atoms with Crippen LogP contribution in [-0.2, 0) is 17.8 Å². The van der Waals surface area contributed by atoms with Crippen molar-refractivity contribution in [2.24, 2.45) is 0 Å². The molecule has 0 radical (unpaired) electrons. The van der Waals surface area contributed by atoms with Crippen LogP contribution in [0.1, 0.15) is 43.7 Å². The summed E-state index contributed by atoms with van der Waals surface area (Å²) in [5.41, 5.74) is 9.63. The highest BCUT2D eigenvalue weighted by Gasteiger charge is 2.16. The quantitative estimate of drug-likeness (QED) is 0.223. The number of rotatable bonds is 12. The first-order valence-electron chi connectivity index (χ1n) is 13.6. The maximum absolute atomic E-state index is 6.13. The number of benzene rings is 2. The molecule has 206 valence electrons. The molecular formula is C29H37N7O3. The van der Waals surface area contributed by atoms with Gasteiger partial charge in [-0.25, -0.2) is 4.98 Å². The minimum Gasteiger partial charge on any atom is -0.496 e. The van der Waals surface area contributed by atoms with Gasteiger partial charge in [-0.3, -0.25) is 4.68 Å². The van der Waals surface area contributed by atoms with Crippen molar-refractivity contribution in [3.63, 3.8) is 0 Å². The summed E-state index contributed by atoms with van der Waals surface area (Å²) in [6.07, 6.45) is 5.96. The van der Waals surface area contributed by atoms with Gasteiger partial charge in [0.1, 0.15) is 28.3 Å². The van der Waals surface area contributed by atoms with Gasteiger partial charge in [0.15, 0.2) is 5.82 Å². The number of hydrogen-bond donors (Lipinski definition) is 3. The van der Waals surface area contributed by atoms with Crippen molar-refractivity contribution in [1.29, 1.82) is 0 Å². The highest BCUT2D eigenvalue weighted by molar-refractivity contribution is 5.86. The Balaban J connectivity index is 1.26. The molecular weight excluding hydrogens is 494 g/mol. The molecule has 1 aliphatic rings. The lowest BCUT2D eigenvalue weighted by Gasteiger charge is -2.23. The summed E-state index contributed by atoms with van der Waals surface area (Å²) in [6, 6.07) is 14.5. The van der Waals surface area contributed by atoms with Crippen LogP contribution in [0.3, 0.4) is 0 Å². The number of fused-ring (bicyclic) bond motifs is 1. The van der Waals surface area contributed by atoms with Crippen LogP contribution >= 0.6 is 0 Å².